The molecule has 28 heavy (non-hydrogen) atoms. The summed E-state index contributed by atoms with van der Waals surface area (Å²) in [6, 6.07) is 20.5. The fourth-order valence-corrected chi connectivity index (χ4v) is 3.61. The quantitative estimate of drug-likeness (QED) is 0.719. The van der Waals surface area contributed by atoms with Crippen molar-refractivity contribution in [3.8, 4) is 0 Å². The van der Waals surface area contributed by atoms with E-state index < -0.39 is 0 Å². The Bertz CT molecular complexity index is 886. The molecule has 1 amide bonds. The number of nitrogens with one attached hydrogen (secondary N) is 1. The van der Waals surface area contributed by atoms with E-state index in [1.165, 1.54) is 5.56 Å². The highest BCUT2D eigenvalue weighted by atomic mass is 16.2. The number of amides is 1. The molecule has 2 heterocycles. The second-order valence-electron chi connectivity index (χ2n) is 7.28. The van der Waals surface area contributed by atoms with Gasteiger partial charge in [-0.05, 0) is 37.1 Å². The zero-order valence-corrected chi connectivity index (χ0v) is 15.9. The number of hydrogen-bond donors (Lipinski definition) is 1. The van der Waals surface area contributed by atoms with Gasteiger partial charge in [-0.3, -0.25) is 15.0 Å². The molecule has 1 N–H and O–H groups in total. The Morgan fingerprint density at radius 1 is 0.929 bits per heavy atom. The van der Waals surface area contributed by atoms with Gasteiger partial charge < -0.3 is 0 Å². The second kappa shape index (κ2) is 8.80. The largest absolute Gasteiger partial charge is 0.299 e. The van der Waals surface area contributed by atoms with E-state index in [1.807, 2.05) is 36.4 Å². The van der Waals surface area contributed by atoms with E-state index in [4.69, 9.17) is 0 Å². The van der Waals surface area contributed by atoms with Crippen molar-refractivity contribution in [1.82, 2.24) is 19.7 Å². The molecule has 0 saturated carbocycles. The third-order valence-electron chi connectivity index (χ3n) is 5.17. The van der Waals surface area contributed by atoms with Crippen LogP contribution in [0.2, 0.25) is 0 Å². The Balaban J connectivity index is 1.26. The Kier molecular flexibility index (Phi) is 5.77. The summed E-state index contributed by atoms with van der Waals surface area (Å²) in [5.41, 5.74) is 2.47. The molecule has 0 bridgehead atoms. The first-order valence-electron chi connectivity index (χ1n) is 9.77. The molecule has 0 aliphatic carbocycles. The molecular weight excluding hydrogens is 350 g/mol. The molecule has 1 fully saturated rings. The molecule has 0 spiro atoms. The van der Waals surface area contributed by atoms with E-state index >= 15 is 0 Å². The summed E-state index contributed by atoms with van der Waals surface area (Å²) in [4.78, 5) is 19.2. The first kappa shape index (κ1) is 18.4. The van der Waals surface area contributed by atoms with E-state index in [1.54, 1.807) is 11.0 Å². The fraction of sp³-hybridized carbons (Fsp3) is 0.318. The number of benzene rings is 2. The highest BCUT2D eigenvalue weighted by Crippen LogP contribution is 2.20. The van der Waals surface area contributed by atoms with Crippen molar-refractivity contribution in [3.05, 3.63) is 78.1 Å². The number of piperidine rings is 1. The Labute approximate surface area is 165 Å². The maximum Gasteiger partial charge on any atom is 0.248 e. The molecule has 2 aromatic carbocycles. The Hall–Kier alpha value is -2.99. The average Bonchev–Trinajstić information content (AvgIpc) is 3.17. The van der Waals surface area contributed by atoms with Gasteiger partial charge in [0.05, 0.1) is 6.54 Å². The number of carbonyl (C=O) groups excluding carboxylic acids is 1. The number of anilines is 1. The molecule has 0 radical (unpaired) electrons. The highest BCUT2D eigenvalue weighted by Gasteiger charge is 2.25. The van der Waals surface area contributed by atoms with Crippen LogP contribution in [0.5, 0.6) is 0 Å². The molecule has 1 saturated heterocycles. The number of nitrogens with zero attached hydrogens (tertiary/aromatic N) is 4. The maximum atomic E-state index is 12.6. The smallest absolute Gasteiger partial charge is 0.248 e. The van der Waals surface area contributed by atoms with Gasteiger partial charge >= 0.3 is 0 Å². The molecule has 1 aromatic heterocycles. The molecule has 1 aliphatic rings. The lowest BCUT2D eigenvalue weighted by Crippen LogP contribution is -2.37. The molecule has 6 nitrogen and oxygen atoms in total. The van der Waals surface area contributed by atoms with Gasteiger partial charge in [-0.15, -0.1) is 5.10 Å². The summed E-state index contributed by atoms with van der Waals surface area (Å²) in [6.45, 7) is 3.45. The third kappa shape index (κ3) is 4.84. The average molecular weight is 375 g/mol. The normalized spacial score (nSPS) is 15.4. The lowest BCUT2D eigenvalue weighted by molar-refractivity contribution is -0.121. The van der Waals surface area contributed by atoms with E-state index in [0.717, 1.165) is 38.0 Å². The fourth-order valence-electron chi connectivity index (χ4n) is 3.61. The van der Waals surface area contributed by atoms with Crippen LogP contribution in [-0.2, 0) is 17.9 Å². The van der Waals surface area contributed by atoms with Crippen LogP contribution in [-0.4, -0.2) is 38.7 Å². The maximum absolute atomic E-state index is 12.6. The number of carbonyl (C=O) groups is 1. The van der Waals surface area contributed by atoms with Gasteiger partial charge in [0.2, 0.25) is 11.9 Å². The Morgan fingerprint density at radius 3 is 2.18 bits per heavy atom. The predicted molar refractivity (Wildman–Crippen MR) is 109 cm³/mol. The van der Waals surface area contributed by atoms with Gasteiger partial charge in [-0.25, -0.2) is 9.67 Å². The van der Waals surface area contributed by atoms with Crippen LogP contribution in [0.15, 0.2) is 67.0 Å². The zero-order valence-electron chi connectivity index (χ0n) is 15.9. The molecule has 144 valence electrons. The summed E-state index contributed by atoms with van der Waals surface area (Å²) in [7, 11) is 0. The standard InChI is InChI=1S/C22H25N5O/c28-21(20-11-13-26(14-12-20)15-18-7-3-1-4-8-18)24-22-23-17-27(25-22)16-19-9-5-2-6-10-19/h1-10,17,20H,11-16H2,(H,24,25,28). The van der Waals surface area contributed by atoms with E-state index in [2.05, 4.69) is 44.6 Å². The molecule has 4 rings (SSSR count). The van der Waals surface area contributed by atoms with Crippen LogP contribution in [0.1, 0.15) is 24.0 Å². The van der Waals surface area contributed by atoms with Crippen LogP contribution in [0.4, 0.5) is 5.95 Å². The minimum atomic E-state index is 0.0214. The SMILES string of the molecule is O=C(Nc1ncn(Cc2ccccc2)n1)C1CCN(Cc2ccccc2)CC1. The minimum Gasteiger partial charge on any atom is -0.299 e. The molecule has 1 aliphatic heterocycles. The monoisotopic (exact) mass is 375 g/mol. The van der Waals surface area contributed by atoms with Crippen LogP contribution in [0.25, 0.3) is 0 Å². The van der Waals surface area contributed by atoms with Crippen molar-refractivity contribution in [3.63, 3.8) is 0 Å². The number of rotatable bonds is 6. The van der Waals surface area contributed by atoms with Gasteiger partial charge in [0.15, 0.2) is 0 Å². The van der Waals surface area contributed by atoms with E-state index in [-0.39, 0.29) is 11.8 Å². The zero-order chi connectivity index (χ0) is 19.2. The topological polar surface area (TPSA) is 63.1 Å². The van der Waals surface area contributed by atoms with Crippen molar-refractivity contribution in [2.24, 2.45) is 5.92 Å². The lowest BCUT2D eigenvalue weighted by Gasteiger charge is -2.31. The van der Waals surface area contributed by atoms with Gasteiger partial charge in [0.25, 0.3) is 0 Å². The van der Waals surface area contributed by atoms with Gasteiger partial charge in [-0.1, -0.05) is 60.7 Å². The van der Waals surface area contributed by atoms with Crippen LogP contribution in [0, 0.1) is 5.92 Å². The Morgan fingerprint density at radius 2 is 1.54 bits per heavy atom. The first-order chi connectivity index (χ1) is 13.8. The molecule has 0 unspecified atom stereocenters. The van der Waals surface area contributed by atoms with Crippen molar-refractivity contribution in [1.29, 1.82) is 0 Å². The highest BCUT2D eigenvalue weighted by molar-refractivity contribution is 5.90. The van der Waals surface area contributed by atoms with Crippen molar-refractivity contribution in [2.75, 3.05) is 18.4 Å². The molecule has 0 atom stereocenters. The number of hydrogen-bond acceptors (Lipinski definition) is 4. The minimum absolute atomic E-state index is 0.0214. The van der Waals surface area contributed by atoms with Crippen LogP contribution in [0.3, 0.4) is 0 Å². The summed E-state index contributed by atoms with van der Waals surface area (Å²) in [5.74, 6) is 0.428. The summed E-state index contributed by atoms with van der Waals surface area (Å²) >= 11 is 0. The first-order valence-corrected chi connectivity index (χ1v) is 9.77. The van der Waals surface area contributed by atoms with Gasteiger partial charge in [-0.2, -0.15) is 0 Å². The van der Waals surface area contributed by atoms with Gasteiger partial charge in [0.1, 0.15) is 6.33 Å². The van der Waals surface area contributed by atoms with E-state index in [0.29, 0.717) is 12.5 Å². The van der Waals surface area contributed by atoms with Crippen LogP contribution >= 0.6 is 0 Å². The van der Waals surface area contributed by atoms with Crippen molar-refractivity contribution in [2.45, 2.75) is 25.9 Å². The second-order valence-corrected chi connectivity index (χ2v) is 7.28. The molecule has 6 heteroatoms. The molecular formula is C22H25N5O. The lowest BCUT2D eigenvalue weighted by atomic mass is 9.95. The van der Waals surface area contributed by atoms with Crippen LogP contribution < -0.4 is 5.32 Å². The third-order valence-corrected chi connectivity index (χ3v) is 5.17. The predicted octanol–water partition coefficient (Wildman–Crippen LogP) is 3.18. The summed E-state index contributed by atoms with van der Waals surface area (Å²) in [5, 5.41) is 7.26. The molecule has 3 aromatic rings. The summed E-state index contributed by atoms with van der Waals surface area (Å²) < 4.78 is 1.74. The van der Waals surface area contributed by atoms with E-state index in [9.17, 15) is 4.79 Å². The van der Waals surface area contributed by atoms with Crippen molar-refractivity contribution >= 4 is 11.9 Å². The van der Waals surface area contributed by atoms with Crippen molar-refractivity contribution < 1.29 is 4.79 Å². The summed E-state index contributed by atoms with van der Waals surface area (Å²) in [6.07, 6.45) is 3.39. The van der Waals surface area contributed by atoms with Gasteiger partial charge in [0, 0.05) is 12.5 Å². The number of aromatic nitrogens is 3. The number of likely N-dealkylation sites (tertiary alicyclic amines) is 1.